The number of nitrogens with two attached hydrogens (primary N) is 1. The maximum Gasteiger partial charge on any atom is 0.242 e. The first-order chi connectivity index (χ1) is 8.52. The fourth-order valence-electron chi connectivity index (χ4n) is 1.99. The Morgan fingerprint density at radius 1 is 1.39 bits per heavy atom. The Morgan fingerprint density at radius 2 is 2.00 bits per heavy atom. The van der Waals surface area contributed by atoms with Crippen LogP contribution in [-0.4, -0.2) is 55.0 Å². The molecule has 0 bridgehead atoms. The number of nitrogens with one attached hydrogen (secondary N) is 2. The van der Waals surface area contributed by atoms with Gasteiger partial charge in [0, 0.05) is 25.7 Å². The molecule has 1 heterocycles. The average molecular weight is 256 g/mol. The van der Waals surface area contributed by atoms with E-state index in [4.69, 9.17) is 5.73 Å². The SMILES string of the molecule is CCNC(=O)C(C)NC(=O)CN1CCC(N)CC1. The Bertz CT molecular complexity index is 288. The summed E-state index contributed by atoms with van der Waals surface area (Å²) in [5.41, 5.74) is 5.80. The number of likely N-dealkylation sites (N-methyl/N-ethyl adjacent to an activating group) is 1. The molecule has 2 amide bonds. The number of likely N-dealkylation sites (tertiary alicyclic amines) is 1. The molecular formula is C12H24N4O2. The summed E-state index contributed by atoms with van der Waals surface area (Å²) in [6, 6.07) is -0.219. The lowest BCUT2D eigenvalue weighted by molar-refractivity contribution is -0.129. The van der Waals surface area contributed by atoms with Crippen molar-refractivity contribution in [2.75, 3.05) is 26.2 Å². The summed E-state index contributed by atoms with van der Waals surface area (Å²) in [7, 11) is 0. The van der Waals surface area contributed by atoms with Gasteiger partial charge in [-0.3, -0.25) is 14.5 Å². The van der Waals surface area contributed by atoms with E-state index in [9.17, 15) is 9.59 Å². The van der Waals surface area contributed by atoms with E-state index < -0.39 is 6.04 Å². The standard InChI is InChI=1S/C12H24N4O2/c1-3-14-12(18)9(2)15-11(17)8-16-6-4-10(13)5-7-16/h9-10H,3-8,13H2,1-2H3,(H,14,18)(H,15,17). The van der Waals surface area contributed by atoms with Crippen molar-refractivity contribution in [2.45, 2.75) is 38.8 Å². The van der Waals surface area contributed by atoms with Crippen molar-refractivity contribution in [3.05, 3.63) is 0 Å². The fraction of sp³-hybridized carbons (Fsp3) is 0.833. The molecule has 104 valence electrons. The predicted molar refractivity (Wildman–Crippen MR) is 69.9 cm³/mol. The van der Waals surface area contributed by atoms with Crippen molar-refractivity contribution in [3.8, 4) is 0 Å². The summed E-state index contributed by atoms with van der Waals surface area (Å²) in [5.74, 6) is -0.254. The molecule has 1 aliphatic heterocycles. The molecule has 1 fully saturated rings. The van der Waals surface area contributed by atoms with Crippen LogP contribution < -0.4 is 16.4 Å². The number of hydrogen-bond donors (Lipinski definition) is 3. The molecule has 0 radical (unpaired) electrons. The normalized spacial score (nSPS) is 19.3. The minimum absolute atomic E-state index is 0.107. The van der Waals surface area contributed by atoms with Gasteiger partial charge in [0.05, 0.1) is 6.54 Å². The molecule has 0 aromatic carbocycles. The lowest BCUT2D eigenvalue weighted by atomic mass is 10.1. The molecule has 6 nitrogen and oxygen atoms in total. The second-order valence-electron chi connectivity index (χ2n) is 4.80. The minimum atomic E-state index is -0.482. The number of amides is 2. The van der Waals surface area contributed by atoms with Crippen LogP contribution in [0.25, 0.3) is 0 Å². The molecule has 0 saturated carbocycles. The van der Waals surface area contributed by atoms with Crippen molar-refractivity contribution < 1.29 is 9.59 Å². The first kappa shape index (κ1) is 14.9. The number of rotatable bonds is 5. The topological polar surface area (TPSA) is 87.5 Å². The Hall–Kier alpha value is -1.14. The first-order valence-electron chi connectivity index (χ1n) is 6.58. The molecular weight excluding hydrogens is 232 g/mol. The quantitative estimate of drug-likeness (QED) is 0.592. The monoisotopic (exact) mass is 256 g/mol. The highest BCUT2D eigenvalue weighted by atomic mass is 16.2. The summed E-state index contributed by atoms with van der Waals surface area (Å²) in [6.45, 7) is 6.16. The van der Waals surface area contributed by atoms with Gasteiger partial charge in [-0.25, -0.2) is 0 Å². The van der Waals surface area contributed by atoms with Crippen LogP contribution in [0.5, 0.6) is 0 Å². The van der Waals surface area contributed by atoms with E-state index in [1.807, 2.05) is 6.92 Å². The number of piperidine rings is 1. The lowest BCUT2D eigenvalue weighted by Gasteiger charge is -2.29. The maximum atomic E-state index is 11.7. The van der Waals surface area contributed by atoms with Crippen molar-refractivity contribution in [3.63, 3.8) is 0 Å². The highest BCUT2D eigenvalue weighted by molar-refractivity contribution is 5.87. The van der Waals surface area contributed by atoms with E-state index in [1.54, 1.807) is 6.92 Å². The van der Waals surface area contributed by atoms with Gasteiger partial charge < -0.3 is 16.4 Å². The van der Waals surface area contributed by atoms with Gasteiger partial charge >= 0.3 is 0 Å². The Balaban J connectivity index is 2.26. The maximum absolute atomic E-state index is 11.7. The fourth-order valence-corrected chi connectivity index (χ4v) is 1.99. The molecule has 1 saturated heterocycles. The number of nitrogens with zero attached hydrogens (tertiary/aromatic N) is 1. The predicted octanol–water partition coefficient (Wildman–Crippen LogP) is -0.950. The van der Waals surface area contributed by atoms with E-state index >= 15 is 0 Å². The highest BCUT2D eigenvalue weighted by Gasteiger charge is 2.20. The molecule has 0 aliphatic carbocycles. The largest absolute Gasteiger partial charge is 0.355 e. The summed E-state index contributed by atoms with van der Waals surface area (Å²) < 4.78 is 0. The van der Waals surface area contributed by atoms with Crippen LogP contribution in [0.2, 0.25) is 0 Å². The van der Waals surface area contributed by atoms with Gasteiger partial charge in [-0.05, 0) is 26.7 Å². The average Bonchev–Trinajstić information content (AvgIpc) is 2.32. The summed E-state index contributed by atoms with van der Waals surface area (Å²) in [5, 5.41) is 5.38. The van der Waals surface area contributed by atoms with Gasteiger partial charge in [0.15, 0.2) is 0 Å². The van der Waals surface area contributed by atoms with Gasteiger partial charge in [0.2, 0.25) is 11.8 Å². The molecule has 18 heavy (non-hydrogen) atoms. The number of carbonyl (C=O) groups excluding carboxylic acids is 2. The smallest absolute Gasteiger partial charge is 0.242 e. The zero-order chi connectivity index (χ0) is 13.5. The van der Waals surface area contributed by atoms with Gasteiger partial charge in [-0.15, -0.1) is 0 Å². The van der Waals surface area contributed by atoms with E-state index in [0.717, 1.165) is 25.9 Å². The van der Waals surface area contributed by atoms with Crippen LogP contribution in [-0.2, 0) is 9.59 Å². The zero-order valence-electron chi connectivity index (χ0n) is 11.2. The molecule has 1 unspecified atom stereocenters. The van der Waals surface area contributed by atoms with Crippen LogP contribution in [0.1, 0.15) is 26.7 Å². The van der Waals surface area contributed by atoms with E-state index in [-0.39, 0.29) is 17.9 Å². The molecule has 1 rings (SSSR count). The van der Waals surface area contributed by atoms with Gasteiger partial charge in [0.1, 0.15) is 6.04 Å². The van der Waals surface area contributed by atoms with Crippen molar-refractivity contribution >= 4 is 11.8 Å². The van der Waals surface area contributed by atoms with Crippen LogP contribution in [0.15, 0.2) is 0 Å². The number of hydrogen-bond acceptors (Lipinski definition) is 4. The molecule has 1 aliphatic rings. The van der Waals surface area contributed by atoms with E-state index in [1.165, 1.54) is 0 Å². The zero-order valence-corrected chi connectivity index (χ0v) is 11.2. The second kappa shape index (κ2) is 7.33. The van der Waals surface area contributed by atoms with Gasteiger partial charge in [-0.1, -0.05) is 0 Å². The van der Waals surface area contributed by atoms with Crippen LogP contribution in [0.4, 0.5) is 0 Å². The van der Waals surface area contributed by atoms with Crippen molar-refractivity contribution in [1.82, 2.24) is 15.5 Å². The minimum Gasteiger partial charge on any atom is -0.355 e. The summed E-state index contributed by atoms with van der Waals surface area (Å²) in [4.78, 5) is 25.3. The summed E-state index contributed by atoms with van der Waals surface area (Å²) in [6.07, 6.45) is 1.86. The molecule has 0 aromatic heterocycles. The van der Waals surface area contributed by atoms with Crippen LogP contribution >= 0.6 is 0 Å². The highest BCUT2D eigenvalue weighted by Crippen LogP contribution is 2.07. The van der Waals surface area contributed by atoms with Crippen LogP contribution in [0.3, 0.4) is 0 Å². The van der Waals surface area contributed by atoms with Crippen LogP contribution in [0, 0.1) is 0 Å². The molecule has 0 spiro atoms. The first-order valence-corrected chi connectivity index (χ1v) is 6.58. The third kappa shape index (κ3) is 5.01. The summed E-state index contributed by atoms with van der Waals surface area (Å²) >= 11 is 0. The van der Waals surface area contributed by atoms with E-state index in [0.29, 0.717) is 13.1 Å². The Morgan fingerprint density at radius 3 is 2.56 bits per heavy atom. The lowest BCUT2D eigenvalue weighted by Crippen LogP contribution is -2.49. The van der Waals surface area contributed by atoms with Crippen molar-refractivity contribution in [2.24, 2.45) is 5.73 Å². The Kier molecular flexibility index (Phi) is 6.07. The van der Waals surface area contributed by atoms with Crippen molar-refractivity contribution in [1.29, 1.82) is 0 Å². The number of carbonyl (C=O) groups is 2. The molecule has 6 heteroatoms. The van der Waals surface area contributed by atoms with Gasteiger partial charge in [-0.2, -0.15) is 0 Å². The molecule has 4 N–H and O–H groups in total. The molecule has 1 atom stereocenters. The Labute approximate surface area is 108 Å². The second-order valence-corrected chi connectivity index (χ2v) is 4.80. The third-order valence-electron chi connectivity index (χ3n) is 3.12. The molecule has 0 aromatic rings. The van der Waals surface area contributed by atoms with E-state index in [2.05, 4.69) is 15.5 Å². The third-order valence-corrected chi connectivity index (χ3v) is 3.12. The van der Waals surface area contributed by atoms with Gasteiger partial charge in [0.25, 0.3) is 0 Å².